The molecule has 0 radical (unpaired) electrons. The Morgan fingerprint density at radius 1 is 1.18 bits per heavy atom. The van der Waals surface area contributed by atoms with Crippen molar-refractivity contribution in [1.29, 1.82) is 0 Å². The minimum absolute atomic E-state index is 0.137. The highest BCUT2D eigenvalue weighted by Gasteiger charge is 2.30. The van der Waals surface area contributed by atoms with Crippen LogP contribution >= 0.6 is 0 Å². The standard InChI is InChI=1S/C15H29NO/c1-11(2)15(17)14(16(5)12(3)4)10-13-8-6-7-9-13/h11-14H,6-10H2,1-5H3/t14-/m0/s1. The van der Waals surface area contributed by atoms with Gasteiger partial charge in [0, 0.05) is 12.0 Å². The van der Waals surface area contributed by atoms with Crippen LogP contribution in [0.1, 0.15) is 59.8 Å². The van der Waals surface area contributed by atoms with Crippen LogP contribution in [0.4, 0.5) is 0 Å². The molecule has 0 N–H and O–H groups in total. The molecular weight excluding hydrogens is 210 g/mol. The molecule has 1 saturated carbocycles. The number of nitrogens with zero attached hydrogens (tertiary/aromatic N) is 1. The number of Topliss-reactive ketones (excluding diaryl/α,β-unsaturated/α-hetero) is 1. The van der Waals surface area contributed by atoms with Crippen LogP contribution in [0.2, 0.25) is 0 Å². The van der Waals surface area contributed by atoms with Crippen LogP contribution in [0.15, 0.2) is 0 Å². The number of hydrogen-bond donors (Lipinski definition) is 0. The lowest BCUT2D eigenvalue weighted by molar-refractivity contribution is -0.128. The van der Waals surface area contributed by atoms with Gasteiger partial charge in [0.05, 0.1) is 6.04 Å². The van der Waals surface area contributed by atoms with E-state index in [0.717, 1.165) is 12.3 Å². The Labute approximate surface area is 107 Å². The molecule has 1 rings (SSSR count). The second-order valence-electron chi connectivity index (χ2n) is 6.22. The maximum Gasteiger partial charge on any atom is 0.152 e. The average molecular weight is 239 g/mol. The van der Waals surface area contributed by atoms with Gasteiger partial charge in [0.15, 0.2) is 5.78 Å². The zero-order chi connectivity index (χ0) is 13.0. The van der Waals surface area contributed by atoms with Crippen molar-refractivity contribution in [2.24, 2.45) is 11.8 Å². The van der Waals surface area contributed by atoms with Gasteiger partial charge in [-0.2, -0.15) is 0 Å². The highest BCUT2D eigenvalue weighted by molar-refractivity contribution is 5.85. The summed E-state index contributed by atoms with van der Waals surface area (Å²) >= 11 is 0. The van der Waals surface area contributed by atoms with E-state index in [-0.39, 0.29) is 12.0 Å². The fourth-order valence-corrected chi connectivity index (χ4v) is 2.79. The van der Waals surface area contributed by atoms with Crippen molar-refractivity contribution in [3.8, 4) is 0 Å². The first-order valence-electron chi connectivity index (χ1n) is 7.19. The van der Waals surface area contributed by atoms with E-state index >= 15 is 0 Å². The van der Waals surface area contributed by atoms with Crippen LogP contribution in [0.5, 0.6) is 0 Å². The zero-order valence-electron chi connectivity index (χ0n) is 12.2. The summed E-state index contributed by atoms with van der Waals surface area (Å²) < 4.78 is 0. The number of hydrogen-bond acceptors (Lipinski definition) is 2. The molecule has 1 atom stereocenters. The van der Waals surface area contributed by atoms with Gasteiger partial charge in [-0.05, 0) is 33.2 Å². The van der Waals surface area contributed by atoms with Gasteiger partial charge in [-0.25, -0.2) is 0 Å². The van der Waals surface area contributed by atoms with Gasteiger partial charge in [-0.15, -0.1) is 0 Å². The number of likely N-dealkylation sites (N-methyl/N-ethyl adjacent to an activating group) is 1. The summed E-state index contributed by atoms with van der Waals surface area (Å²) in [6, 6.07) is 0.585. The summed E-state index contributed by atoms with van der Waals surface area (Å²) in [6.07, 6.45) is 6.45. The van der Waals surface area contributed by atoms with Crippen LogP contribution in [-0.4, -0.2) is 29.8 Å². The van der Waals surface area contributed by atoms with E-state index in [1.54, 1.807) is 0 Å². The minimum Gasteiger partial charge on any atom is -0.298 e. The topological polar surface area (TPSA) is 20.3 Å². The number of ketones is 1. The predicted octanol–water partition coefficient (Wildman–Crippen LogP) is 3.50. The Hall–Kier alpha value is -0.370. The van der Waals surface area contributed by atoms with Gasteiger partial charge < -0.3 is 0 Å². The first kappa shape index (κ1) is 14.7. The van der Waals surface area contributed by atoms with Crippen molar-refractivity contribution in [2.75, 3.05) is 7.05 Å². The highest BCUT2D eigenvalue weighted by atomic mass is 16.1. The molecule has 1 fully saturated rings. The van der Waals surface area contributed by atoms with Crippen molar-refractivity contribution in [3.63, 3.8) is 0 Å². The molecule has 2 nitrogen and oxygen atoms in total. The summed E-state index contributed by atoms with van der Waals surface area (Å²) in [4.78, 5) is 14.6. The van der Waals surface area contributed by atoms with E-state index < -0.39 is 0 Å². The van der Waals surface area contributed by atoms with Gasteiger partial charge >= 0.3 is 0 Å². The van der Waals surface area contributed by atoms with E-state index in [0.29, 0.717) is 11.8 Å². The van der Waals surface area contributed by atoms with Crippen LogP contribution in [0.25, 0.3) is 0 Å². The molecule has 0 saturated heterocycles. The molecule has 1 aliphatic carbocycles. The smallest absolute Gasteiger partial charge is 0.152 e. The lowest BCUT2D eigenvalue weighted by Gasteiger charge is -2.33. The molecule has 2 heteroatoms. The Balaban J connectivity index is 2.67. The summed E-state index contributed by atoms with van der Waals surface area (Å²) in [5, 5.41) is 0. The van der Waals surface area contributed by atoms with E-state index in [4.69, 9.17) is 0 Å². The molecule has 0 aromatic carbocycles. The van der Waals surface area contributed by atoms with Gasteiger partial charge in [-0.3, -0.25) is 9.69 Å². The fourth-order valence-electron chi connectivity index (χ4n) is 2.79. The molecule has 100 valence electrons. The average Bonchev–Trinajstić information content (AvgIpc) is 2.76. The highest BCUT2D eigenvalue weighted by Crippen LogP contribution is 2.30. The Bertz CT molecular complexity index is 241. The molecule has 0 aliphatic heterocycles. The maximum atomic E-state index is 12.3. The summed E-state index contributed by atoms with van der Waals surface area (Å²) in [6.45, 7) is 8.40. The summed E-state index contributed by atoms with van der Waals surface area (Å²) in [7, 11) is 2.10. The second kappa shape index (κ2) is 6.53. The molecule has 0 aromatic heterocycles. The molecule has 0 bridgehead atoms. The zero-order valence-corrected chi connectivity index (χ0v) is 12.2. The molecule has 17 heavy (non-hydrogen) atoms. The minimum atomic E-state index is 0.137. The largest absolute Gasteiger partial charge is 0.298 e. The first-order chi connectivity index (χ1) is 7.93. The van der Waals surface area contributed by atoms with Crippen LogP contribution in [0.3, 0.4) is 0 Å². The Morgan fingerprint density at radius 2 is 1.71 bits per heavy atom. The quantitative estimate of drug-likeness (QED) is 0.707. The van der Waals surface area contributed by atoms with Crippen molar-refractivity contribution in [1.82, 2.24) is 4.90 Å². The van der Waals surface area contributed by atoms with E-state index in [1.807, 2.05) is 13.8 Å². The number of carbonyl (C=O) groups is 1. The molecular formula is C15H29NO. The Morgan fingerprint density at radius 3 is 2.12 bits per heavy atom. The van der Waals surface area contributed by atoms with Crippen LogP contribution < -0.4 is 0 Å². The van der Waals surface area contributed by atoms with Gasteiger partial charge in [0.1, 0.15) is 0 Å². The lowest BCUT2D eigenvalue weighted by atomic mass is 9.90. The maximum absolute atomic E-state index is 12.3. The molecule has 0 spiro atoms. The number of carbonyl (C=O) groups excluding carboxylic acids is 1. The molecule has 1 aliphatic rings. The molecule has 0 heterocycles. The van der Waals surface area contributed by atoms with Gasteiger partial charge in [-0.1, -0.05) is 39.5 Å². The third kappa shape index (κ3) is 4.09. The van der Waals surface area contributed by atoms with Crippen LogP contribution in [0, 0.1) is 11.8 Å². The fraction of sp³-hybridized carbons (Fsp3) is 0.933. The van der Waals surface area contributed by atoms with Gasteiger partial charge in [0.2, 0.25) is 0 Å². The van der Waals surface area contributed by atoms with Crippen molar-refractivity contribution in [3.05, 3.63) is 0 Å². The van der Waals surface area contributed by atoms with Crippen molar-refractivity contribution >= 4 is 5.78 Å². The van der Waals surface area contributed by atoms with Crippen molar-refractivity contribution < 1.29 is 4.79 Å². The first-order valence-corrected chi connectivity index (χ1v) is 7.19. The SMILES string of the molecule is CC(C)C(=O)[C@H](CC1CCCC1)N(C)C(C)C. The van der Waals surface area contributed by atoms with E-state index in [1.165, 1.54) is 25.7 Å². The summed E-state index contributed by atoms with van der Waals surface area (Å²) in [5.74, 6) is 1.36. The van der Waals surface area contributed by atoms with E-state index in [9.17, 15) is 4.79 Å². The van der Waals surface area contributed by atoms with Crippen LogP contribution in [-0.2, 0) is 4.79 Å². The number of rotatable bonds is 6. The normalized spacial score (nSPS) is 19.5. The third-order valence-corrected chi connectivity index (χ3v) is 4.23. The predicted molar refractivity (Wildman–Crippen MR) is 73.1 cm³/mol. The lowest BCUT2D eigenvalue weighted by Crippen LogP contribution is -2.45. The van der Waals surface area contributed by atoms with E-state index in [2.05, 4.69) is 25.8 Å². The molecule has 0 aromatic rings. The van der Waals surface area contributed by atoms with Crippen molar-refractivity contribution in [2.45, 2.75) is 71.9 Å². The molecule has 0 amide bonds. The third-order valence-electron chi connectivity index (χ3n) is 4.23. The second-order valence-corrected chi connectivity index (χ2v) is 6.22. The molecule has 0 unspecified atom stereocenters. The monoisotopic (exact) mass is 239 g/mol. The Kier molecular flexibility index (Phi) is 5.64. The van der Waals surface area contributed by atoms with Gasteiger partial charge in [0.25, 0.3) is 0 Å². The summed E-state index contributed by atoms with van der Waals surface area (Å²) in [5.41, 5.74) is 0.